The average Bonchev–Trinajstić information content (AvgIpc) is 3.39. The highest BCUT2D eigenvalue weighted by Gasteiger charge is 2.21. The Bertz CT molecular complexity index is 2040. The molecule has 0 fully saturated rings. The maximum Gasteiger partial charge on any atom is 0.0534 e. The van der Waals surface area contributed by atoms with Gasteiger partial charge in [-0.05, 0) is 106 Å². The molecule has 0 unspecified atom stereocenters. The highest BCUT2D eigenvalue weighted by Crippen LogP contribution is 2.39. The molecule has 1 heteroatoms. The summed E-state index contributed by atoms with van der Waals surface area (Å²) in [4.78, 5) is 0. The van der Waals surface area contributed by atoms with E-state index in [2.05, 4.69) is 144 Å². The lowest BCUT2D eigenvalue weighted by Crippen LogP contribution is -2.07. The molecule has 1 aromatic heterocycles. The van der Waals surface area contributed by atoms with Gasteiger partial charge in [-0.3, -0.25) is 0 Å². The van der Waals surface area contributed by atoms with Gasteiger partial charge in [-0.15, -0.1) is 0 Å². The van der Waals surface area contributed by atoms with Crippen molar-refractivity contribution in [3.8, 4) is 39.1 Å². The highest BCUT2D eigenvalue weighted by molar-refractivity contribution is 5.98. The molecule has 0 radical (unpaired) electrons. The number of aromatic nitrogens is 1. The Morgan fingerprint density at radius 3 is 1.98 bits per heavy atom. The molecule has 0 saturated heterocycles. The Labute approximate surface area is 241 Å². The van der Waals surface area contributed by atoms with Crippen LogP contribution in [0.1, 0.15) is 24.1 Å². The molecule has 8 rings (SSSR count). The summed E-state index contributed by atoms with van der Waals surface area (Å²) in [6.07, 6.45) is 4.81. The van der Waals surface area contributed by atoms with Crippen LogP contribution in [0.2, 0.25) is 0 Å². The van der Waals surface area contributed by atoms with Crippen molar-refractivity contribution in [2.75, 3.05) is 0 Å². The minimum absolute atomic E-state index is 1.13. The summed E-state index contributed by atoms with van der Waals surface area (Å²) in [7, 11) is 0. The number of nitrogens with zero attached hydrogens (tertiary/aromatic N) is 1. The second-order valence-electron chi connectivity index (χ2n) is 11.2. The van der Waals surface area contributed by atoms with Gasteiger partial charge < -0.3 is 4.57 Å². The number of hydrogen-bond donors (Lipinski definition) is 0. The SMILES string of the molecule is c1ccc(-c2cccc(-c3cc(-c4cccc5ccccc45)cc(-n4c5c(c6ccccc64)CCCC5)c3)c2)cc1. The zero-order valence-electron chi connectivity index (χ0n) is 23.1. The van der Waals surface area contributed by atoms with Gasteiger partial charge in [0.15, 0.2) is 0 Å². The van der Waals surface area contributed by atoms with Crippen LogP contribution in [-0.4, -0.2) is 4.57 Å². The van der Waals surface area contributed by atoms with E-state index < -0.39 is 0 Å². The maximum absolute atomic E-state index is 2.56. The molecule has 0 aliphatic heterocycles. The quantitative estimate of drug-likeness (QED) is 0.215. The lowest BCUT2D eigenvalue weighted by molar-refractivity contribution is 0.667. The Balaban J connectivity index is 1.40. The summed E-state index contributed by atoms with van der Waals surface area (Å²) in [6, 6.07) is 51.3. The first-order chi connectivity index (χ1) is 20.3. The monoisotopic (exact) mass is 525 g/mol. The number of fused-ring (bicyclic) bond motifs is 4. The van der Waals surface area contributed by atoms with Crippen LogP contribution < -0.4 is 0 Å². The molecule has 6 aromatic carbocycles. The third-order valence-corrected chi connectivity index (χ3v) is 8.76. The minimum atomic E-state index is 1.13. The second kappa shape index (κ2) is 9.94. The molecule has 0 amide bonds. The molecule has 0 bridgehead atoms. The Kier molecular flexibility index (Phi) is 5.81. The molecule has 41 heavy (non-hydrogen) atoms. The summed E-state index contributed by atoms with van der Waals surface area (Å²) in [6.45, 7) is 0. The molecule has 1 nitrogen and oxygen atoms in total. The number of hydrogen-bond acceptors (Lipinski definition) is 0. The molecule has 1 heterocycles. The van der Waals surface area contributed by atoms with E-state index in [9.17, 15) is 0 Å². The first-order valence-electron chi connectivity index (χ1n) is 14.7. The first-order valence-corrected chi connectivity index (χ1v) is 14.7. The van der Waals surface area contributed by atoms with E-state index in [1.54, 1.807) is 0 Å². The van der Waals surface area contributed by atoms with Crippen LogP contribution >= 0.6 is 0 Å². The number of benzene rings is 6. The third kappa shape index (κ3) is 4.17. The van der Waals surface area contributed by atoms with Gasteiger partial charge >= 0.3 is 0 Å². The standard InChI is InChI=1S/C40H31N/c1-2-12-28(13-3-1)30-16-10-17-31(24-30)32-25-33(36-21-11-15-29-14-4-5-18-35(29)36)27-34(26-32)41-39-22-8-6-19-37(39)38-20-7-9-23-40(38)41/h1-6,8,10-19,21-22,24-27H,7,9,20,23H2. The van der Waals surface area contributed by atoms with E-state index in [0.717, 1.165) is 12.8 Å². The van der Waals surface area contributed by atoms with Crippen LogP contribution in [0.15, 0.2) is 140 Å². The van der Waals surface area contributed by atoms with Crippen molar-refractivity contribution >= 4 is 21.7 Å². The highest BCUT2D eigenvalue weighted by atomic mass is 15.0. The summed E-state index contributed by atoms with van der Waals surface area (Å²) >= 11 is 0. The van der Waals surface area contributed by atoms with Crippen LogP contribution in [0.5, 0.6) is 0 Å². The van der Waals surface area contributed by atoms with Gasteiger partial charge in [0.1, 0.15) is 0 Å². The van der Waals surface area contributed by atoms with Crippen molar-refractivity contribution in [1.82, 2.24) is 4.57 Å². The molecular formula is C40H31N. The van der Waals surface area contributed by atoms with Gasteiger partial charge in [0.05, 0.1) is 5.52 Å². The fourth-order valence-electron chi connectivity index (χ4n) is 6.84. The third-order valence-electron chi connectivity index (χ3n) is 8.76. The second-order valence-corrected chi connectivity index (χ2v) is 11.2. The van der Waals surface area contributed by atoms with E-state index >= 15 is 0 Å². The number of rotatable bonds is 4. The zero-order valence-corrected chi connectivity index (χ0v) is 23.1. The molecule has 1 aliphatic carbocycles. The van der Waals surface area contributed by atoms with Gasteiger partial charge in [0.25, 0.3) is 0 Å². The van der Waals surface area contributed by atoms with Gasteiger partial charge in [-0.1, -0.05) is 109 Å². The topological polar surface area (TPSA) is 4.93 Å². The Morgan fingerprint density at radius 1 is 0.439 bits per heavy atom. The maximum atomic E-state index is 2.56. The Hall–Kier alpha value is -4.88. The van der Waals surface area contributed by atoms with Gasteiger partial charge in [0, 0.05) is 16.8 Å². The molecule has 0 spiro atoms. The fraction of sp³-hybridized carbons (Fsp3) is 0.100. The molecule has 1 aliphatic rings. The van der Waals surface area contributed by atoms with E-state index in [4.69, 9.17) is 0 Å². The van der Waals surface area contributed by atoms with E-state index in [1.165, 1.54) is 84.8 Å². The lowest BCUT2D eigenvalue weighted by Gasteiger charge is -2.19. The largest absolute Gasteiger partial charge is 0.313 e. The van der Waals surface area contributed by atoms with Gasteiger partial charge in [-0.2, -0.15) is 0 Å². The van der Waals surface area contributed by atoms with E-state index in [1.807, 2.05) is 0 Å². The summed E-state index contributed by atoms with van der Waals surface area (Å²) < 4.78 is 2.56. The van der Waals surface area contributed by atoms with Crippen molar-refractivity contribution < 1.29 is 0 Å². The average molecular weight is 526 g/mol. The summed E-state index contributed by atoms with van der Waals surface area (Å²) in [5.41, 5.74) is 13.1. The molecular weight excluding hydrogens is 494 g/mol. The molecule has 0 atom stereocenters. The lowest BCUT2D eigenvalue weighted by atomic mass is 9.93. The first kappa shape index (κ1) is 24.0. The van der Waals surface area contributed by atoms with Crippen molar-refractivity contribution in [3.63, 3.8) is 0 Å². The van der Waals surface area contributed by atoms with Crippen LogP contribution in [-0.2, 0) is 12.8 Å². The minimum Gasteiger partial charge on any atom is -0.313 e. The smallest absolute Gasteiger partial charge is 0.0534 e. The molecule has 0 saturated carbocycles. The normalized spacial score (nSPS) is 13.0. The number of para-hydroxylation sites is 1. The molecule has 0 N–H and O–H groups in total. The summed E-state index contributed by atoms with van der Waals surface area (Å²) in [5.74, 6) is 0. The van der Waals surface area contributed by atoms with Crippen molar-refractivity contribution in [2.24, 2.45) is 0 Å². The van der Waals surface area contributed by atoms with Gasteiger partial charge in [0.2, 0.25) is 0 Å². The zero-order chi connectivity index (χ0) is 27.2. The number of aryl methyl sites for hydroxylation is 1. The van der Waals surface area contributed by atoms with Crippen molar-refractivity contribution in [2.45, 2.75) is 25.7 Å². The van der Waals surface area contributed by atoms with Crippen molar-refractivity contribution in [3.05, 3.63) is 151 Å². The predicted molar refractivity (Wildman–Crippen MR) is 174 cm³/mol. The molecule has 7 aromatic rings. The predicted octanol–water partition coefficient (Wildman–Crippen LogP) is 10.7. The summed E-state index contributed by atoms with van der Waals surface area (Å²) in [5, 5.41) is 3.97. The van der Waals surface area contributed by atoms with E-state index in [0.29, 0.717) is 0 Å². The van der Waals surface area contributed by atoms with Crippen LogP contribution in [0, 0.1) is 0 Å². The fourth-order valence-corrected chi connectivity index (χ4v) is 6.84. The van der Waals surface area contributed by atoms with Crippen molar-refractivity contribution in [1.29, 1.82) is 0 Å². The van der Waals surface area contributed by atoms with Gasteiger partial charge in [-0.25, -0.2) is 0 Å². The van der Waals surface area contributed by atoms with Crippen LogP contribution in [0.3, 0.4) is 0 Å². The molecule has 196 valence electrons. The Morgan fingerprint density at radius 2 is 1.07 bits per heavy atom. The van der Waals surface area contributed by atoms with E-state index in [-0.39, 0.29) is 0 Å². The van der Waals surface area contributed by atoms with Crippen LogP contribution in [0.4, 0.5) is 0 Å². The van der Waals surface area contributed by atoms with Crippen LogP contribution in [0.25, 0.3) is 60.7 Å².